The van der Waals surface area contributed by atoms with Crippen LogP contribution in [-0.4, -0.2) is 41.8 Å². The normalized spacial score (nSPS) is 16.3. The Balaban J connectivity index is 1.93. The van der Waals surface area contributed by atoms with Crippen molar-refractivity contribution in [3.63, 3.8) is 0 Å². The van der Waals surface area contributed by atoms with Gasteiger partial charge in [0.15, 0.2) is 0 Å². The Morgan fingerprint density at radius 3 is 3.10 bits per heavy atom. The van der Waals surface area contributed by atoms with Crippen LogP contribution in [-0.2, 0) is 11.2 Å². The first-order valence-electron chi connectivity index (χ1n) is 7.02. The summed E-state index contributed by atoms with van der Waals surface area (Å²) in [6.07, 6.45) is 6.18. The van der Waals surface area contributed by atoms with Gasteiger partial charge in [-0.1, -0.05) is 6.07 Å². The molecule has 0 saturated carbocycles. The molecule has 2 N–H and O–H groups in total. The van der Waals surface area contributed by atoms with E-state index in [2.05, 4.69) is 5.32 Å². The van der Waals surface area contributed by atoms with Gasteiger partial charge in [-0.3, -0.25) is 4.79 Å². The molecule has 0 saturated heterocycles. The maximum absolute atomic E-state index is 11.9. The van der Waals surface area contributed by atoms with Crippen LogP contribution in [0, 0.1) is 0 Å². The van der Waals surface area contributed by atoms with Crippen molar-refractivity contribution in [1.29, 1.82) is 0 Å². The van der Waals surface area contributed by atoms with Gasteiger partial charge < -0.3 is 15.2 Å². The zero-order chi connectivity index (χ0) is 15.2. The average Bonchev–Trinajstić information content (AvgIpc) is 2.93. The lowest BCUT2D eigenvalue weighted by molar-refractivity contribution is -0.117. The van der Waals surface area contributed by atoms with E-state index < -0.39 is 0 Å². The second-order valence-electron chi connectivity index (χ2n) is 5.05. The number of rotatable bonds is 6. The SMILES string of the molecule is CSC(CO)C(C)NC(=O)/C=C/c1ccc2c(c1)CCO2. The van der Waals surface area contributed by atoms with Gasteiger partial charge in [0, 0.05) is 23.8 Å². The highest BCUT2D eigenvalue weighted by atomic mass is 32.2. The Morgan fingerprint density at radius 1 is 1.57 bits per heavy atom. The number of amides is 1. The highest BCUT2D eigenvalue weighted by Crippen LogP contribution is 2.26. The number of fused-ring (bicyclic) bond motifs is 1. The zero-order valence-electron chi connectivity index (χ0n) is 12.3. The first kappa shape index (κ1) is 15.9. The highest BCUT2D eigenvalue weighted by Gasteiger charge is 2.16. The molecule has 4 nitrogen and oxygen atoms in total. The third-order valence-corrected chi connectivity index (χ3v) is 4.71. The molecule has 1 amide bonds. The Morgan fingerprint density at radius 2 is 2.38 bits per heavy atom. The highest BCUT2D eigenvalue weighted by molar-refractivity contribution is 7.99. The molecule has 0 fully saturated rings. The number of carbonyl (C=O) groups excluding carboxylic acids is 1. The molecular weight excluding hydrogens is 286 g/mol. The van der Waals surface area contributed by atoms with Gasteiger partial charge in [-0.15, -0.1) is 0 Å². The van der Waals surface area contributed by atoms with E-state index in [-0.39, 0.29) is 23.8 Å². The largest absolute Gasteiger partial charge is 0.493 e. The molecule has 2 unspecified atom stereocenters. The van der Waals surface area contributed by atoms with Crippen LogP contribution in [0.1, 0.15) is 18.1 Å². The summed E-state index contributed by atoms with van der Waals surface area (Å²) in [5.41, 5.74) is 2.18. The van der Waals surface area contributed by atoms with Gasteiger partial charge in [0.05, 0.1) is 13.2 Å². The van der Waals surface area contributed by atoms with Gasteiger partial charge in [0.1, 0.15) is 5.75 Å². The van der Waals surface area contributed by atoms with Crippen LogP contribution < -0.4 is 10.1 Å². The van der Waals surface area contributed by atoms with Crippen LogP contribution in [0.15, 0.2) is 24.3 Å². The maximum atomic E-state index is 11.9. The van der Waals surface area contributed by atoms with Gasteiger partial charge in [0.2, 0.25) is 5.91 Å². The van der Waals surface area contributed by atoms with E-state index in [9.17, 15) is 9.90 Å². The number of ether oxygens (including phenoxy) is 1. The predicted molar refractivity (Wildman–Crippen MR) is 86.7 cm³/mol. The van der Waals surface area contributed by atoms with Crippen LogP contribution in [0.4, 0.5) is 0 Å². The molecular formula is C16H21NO3S. The number of hydrogen-bond acceptors (Lipinski definition) is 4. The van der Waals surface area contributed by atoms with E-state index in [0.717, 1.165) is 24.3 Å². The summed E-state index contributed by atoms with van der Waals surface area (Å²) in [6, 6.07) is 5.86. The van der Waals surface area contributed by atoms with Gasteiger partial charge in [-0.25, -0.2) is 0 Å². The average molecular weight is 307 g/mol. The number of benzene rings is 1. The van der Waals surface area contributed by atoms with Crippen molar-refractivity contribution in [3.8, 4) is 5.75 Å². The molecule has 1 aliphatic heterocycles. The molecule has 1 aromatic rings. The second kappa shape index (κ2) is 7.52. The zero-order valence-corrected chi connectivity index (χ0v) is 13.2. The number of hydrogen-bond donors (Lipinski definition) is 2. The van der Waals surface area contributed by atoms with Gasteiger partial charge in [0.25, 0.3) is 0 Å². The van der Waals surface area contributed by atoms with Gasteiger partial charge >= 0.3 is 0 Å². The smallest absolute Gasteiger partial charge is 0.244 e. The summed E-state index contributed by atoms with van der Waals surface area (Å²) < 4.78 is 5.45. The molecule has 5 heteroatoms. The maximum Gasteiger partial charge on any atom is 0.244 e. The van der Waals surface area contributed by atoms with E-state index in [1.165, 1.54) is 11.6 Å². The van der Waals surface area contributed by atoms with Crippen molar-refractivity contribution in [2.45, 2.75) is 24.6 Å². The lowest BCUT2D eigenvalue weighted by atomic mass is 10.1. The van der Waals surface area contributed by atoms with Gasteiger partial charge in [-0.05, 0) is 42.5 Å². The Bertz CT molecular complexity index is 526. The molecule has 0 radical (unpaired) electrons. The van der Waals surface area contributed by atoms with E-state index in [1.807, 2.05) is 31.4 Å². The van der Waals surface area contributed by atoms with E-state index >= 15 is 0 Å². The minimum absolute atomic E-state index is 0.0134. The Kier molecular flexibility index (Phi) is 5.70. The lowest BCUT2D eigenvalue weighted by Gasteiger charge is -2.20. The van der Waals surface area contributed by atoms with Crippen molar-refractivity contribution >= 4 is 23.7 Å². The van der Waals surface area contributed by atoms with Crippen molar-refractivity contribution in [2.24, 2.45) is 0 Å². The van der Waals surface area contributed by atoms with E-state index in [0.29, 0.717) is 0 Å². The van der Waals surface area contributed by atoms with Crippen molar-refractivity contribution in [3.05, 3.63) is 35.4 Å². The van der Waals surface area contributed by atoms with Gasteiger partial charge in [-0.2, -0.15) is 11.8 Å². The summed E-state index contributed by atoms with van der Waals surface area (Å²) in [5, 5.41) is 12.1. The number of carbonyl (C=O) groups is 1. The molecule has 21 heavy (non-hydrogen) atoms. The molecule has 2 atom stereocenters. The van der Waals surface area contributed by atoms with E-state index in [1.54, 1.807) is 17.8 Å². The fourth-order valence-electron chi connectivity index (χ4n) is 2.28. The lowest BCUT2D eigenvalue weighted by Crippen LogP contribution is -2.40. The summed E-state index contributed by atoms with van der Waals surface area (Å²) >= 11 is 1.55. The number of thioether (sulfide) groups is 1. The number of nitrogens with one attached hydrogen (secondary N) is 1. The van der Waals surface area contributed by atoms with Crippen LogP contribution in [0.3, 0.4) is 0 Å². The van der Waals surface area contributed by atoms with Crippen molar-refractivity contribution < 1.29 is 14.6 Å². The third kappa shape index (κ3) is 4.25. The number of aliphatic hydroxyl groups excluding tert-OH is 1. The second-order valence-corrected chi connectivity index (χ2v) is 6.13. The van der Waals surface area contributed by atoms with Crippen LogP contribution in [0.5, 0.6) is 5.75 Å². The summed E-state index contributed by atoms with van der Waals surface area (Å²) in [4.78, 5) is 11.9. The number of aliphatic hydroxyl groups is 1. The van der Waals surface area contributed by atoms with Crippen LogP contribution in [0.25, 0.3) is 6.08 Å². The molecule has 0 aromatic heterocycles. The molecule has 1 heterocycles. The Labute approximate surface area is 129 Å². The topological polar surface area (TPSA) is 58.6 Å². The van der Waals surface area contributed by atoms with Crippen molar-refractivity contribution in [1.82, 2.24) is 5.32 Å². The molecule has 0 spiro atoms. The first-order valence-corrected chi connectivity index (χ1v) is 8.30. The summed E-state index contributed by atoms with van der Waals surface area (Å²) in [6.45, 7) is 2.69. The Hall–Kier alpha value is -1.46. The molecule has 114 valence electrons. The minimum atomic E-state index is -0.147. The fourth-order valence-corrected chi connectivity index (χ4v) is 2.91. The van der Waals surface area contributed by atoms with Crippen LogP contribution in [0.2, 0.25) is 0 Å². The fraction of sp³-hybridized carbons (Fsp3) is 0.438. The van der Waals surface area contributed by atoms with E-state index in [4.69, 9.17) is 4.74 Å². The molecule has 2 rings (SSSR count). The predicted octanol–water partition coefficient (Wildman–Crippen LogP) is 1.86. The third-order valence-electron chi connectivity index (χ3n) is 3.55. The molecule has 0 aliphatic carbocycles. The van der Waals surface area contributed by atoms with Crippen LogP contribution >= 0.6 is 11.8 Å². The molecule has 1 aromatic carbocycles. The quantitative estimate of drug-likeness (QED) is 0.788. The molecule has 1 aliphatic rings. The monoisotopic (exact) mass is 307 g/mol. The summed E-state index contributed by atoms with van der Waals surface area (Å²) in [7, 11) is 0. The minimum Gasteiger partial charge on any atom is -0.493 e. The van der Waals surface area contributed by atoms with Crippen molar-refractivity contribution in [2.75, 3.05) is 19.5 Å². The summed E-state index contributed by atoms with van der Waals surface area (Å²) in [5.74, 6) is 0.794. The first-order chi connectivity index (χ1) is 10.1. The molecule has 0 bridgehead atoms. The standard InChI is InChI=1S/C16H21NO3S/c1-11(15(10-18)21-2)17-16(19)6-4-12-3-5-14-13(9-12)7-8-20-14/h3-6,9,11,15,18H,7-8,10H2,1-2H3,(H,17,19)/b6-4+.